The Labute approximate surface area is 119 Å². The summed E-state index contributed by atoms with van der Waals surface area (Å²) in [6.07, 6.45) is 0. The molecule has 20 heavy (non-hydrogen) atoms. The van der Waals surface area contributed by atoms with Gasteiger partial charge in [-0.25, -0.2) is 8.78 Å². The first-order valence-corrected chi connectivity index (χ1v) is 6.95. The van der Waals surface area contributed by atoms with Crippen LogP contribution in [0.2, 0.25) is 0 Å². The lowest BCUT2D eigenvalue weighted by molar-refractivity contribution is -0.137. The van der Waals surface area contributed by atoms with Crippen molar-refractivity contribution in [3.8, 4) is 0 Å². The summed E-state index contributed by atoms with van der Waals surface area (Å²) in [5, 5.41) is 10.5. The zero-order valence-corrected chi connectivity index (χ0v) is 11.8. The van der Waals surface area contributed by atoms with Gasteiger partial charge < -0.3 is 10.4 Å². The Hall–Kier alpha value is -1.63. The number of aliphatic carboxylic acids is 1. The molecular weight excluding hydrogens is 288 g/mol. The lowest BCUT2D eigenvalue weighted by Crippen LogP contribution is -2.25. The largest absolute Gasteiger partial charge is 0.480 e. The van der Waals surface area contributed by atoms with Gasteiger partial charge in [0, 0.05) is 6.07 Å². The predicted octanol–water partition coefficient (Wildman–Crippen LogP) is 2.75. The van der Waals surface area contributed by atoms with Crippen molar-refractivity contribution in [1.29, 1.82) is 0 Å². The number of halogens is 2. The fourth-order valence-electron chi connectivity index (χ4n) is 1.49. The number of anilines is 1. The molecule has 1 aromatic carbocycles. The number of hydrogen-bond acceptors (Lipinski definition) is 3. The minimum absolute atomic E-state index is 0.119. The van der Waals surface area contributed by atoms with Crippen LogP contribution < -0.4 is 5.32 Å². The van der Waals surface area contributed by atoms with Crippen LogP contribution >= 0.6 is 11.8 Å². The molecule has 0 saturated heterocycles. The SMILES string of the molecule is CC(C)C(SCC(=O)Nc1ccc(F)cc1F)C(=O)O. The van der Waals surface area contributed by atoms with E-state index in [-0.39, 0.29) is 17.4 Å². The van der Waals surface area contributed by atoms with E-state index in [1.165, 1.54) is 0 Å². The van der Waals surface area contributed by atoms with Gasteiger partial charge >= 0.3 is 5.97 Å². The third kappa shape index (κ3) is 4.80. The van der Waals surface area contributed by atoms with Crippen LogP contribution in [0.25, 0.3) is 0 Å². The molecule has 0 radical (unpaired) electrons. The standard InChI is InChI=1S/C13H15F2NO3S/c1-7(2)12(13(18)19)20-6-11(17)16-10-4-3-8(14)5-9(10)15/h3-5,7,12H,6H2,1-2H3,(H,16,17)(H,18,19). The van der Waals surface area contributed by atoms with Crippen LogP contribution in [-0.2, 0) is 9.59 Å². The van der Waals surface area contributed by atoms with Crippen molar-refractivity contribution < 1.29 is 23.5 Å². The molecule has 4 nitrogen and oxygen atoms in total. The first-order chi connectivity index (χ1) is 9.31. The molecule has 0 heterocycles. The highest BCUT2D eigenvalue weighted by Gasteiger charge is 2.23. The van der Waals surface area contributed by atoms with Crippen molar-refractivity contribution in [1.82, 2.24) is 0 Å². The molecule has 0 aromatic heterocycles. The summed E-state index contributed by atoms with van der Waals surface area (Å²) in [5.41, 5.74) is -0.131. The normalized spacial score (nSPS) is 12.2. The Bertz CT molecular complexity index is 508. The second kappa shape index (κ2) is 7.23. The maximum atomic E-state index is 13.3. The van der Waals surface area contributed by atoms with Crippen molar-refractivity contribution in [2.24, 2.45) is 5.92 Å². The Kier molecular flexibility index (Phi) is 5.94. The Morgan fingerprint density at radius 1 is 1.35 bits per heavy atom. The van der Waals surface area contributed by atoms with Crippen molar-refractivity contribution >= 4 is 29.3 Å². The smallest absolute Gasteiger partial charge is 0.316 e. The second-order valence-corrected chi connectivity index (χ2v) is 5.62. The van der Waals surface area contributed by atoms with Gasteiger partial charge in [-0.3, -0.25) is 9.59 Å². The molecule has 1 amide bonds. The van der Waals surface area contributed by atoms with Crippen LogP contribution in [0.4, 0.5) is 14.5 Å². The van der Waals surface area contributed by atoms with Gasteiger partial charge in [0.2, 0.25) is 5.91 Å². The van der Waals surface area contributed by atoms with Gasteiger partial charge in [0.15, 0.2) is 0 Å². The molecule has 1 unspecified atom stereocenters. The van der Waals surface area contributed by atoms with Crippen molar-refractivity contribution in [3.05, 3.63) is 29.8 Å². The zero-order valence-electron chi connectivity index (χ0n) is 11.0. The predicted molar refractivity (Wildman–Crippen MR) is 73.7 cm³/mol. The van der Waals surface area contributed by atoms with Crippen LogP contribution in [0.15, 0.2) is 18.2 Å². The summed E-state index contributed by atoms with van der Waals surface area (Å²) < 4.78 is 26.0. The molecule has 0 aliphatic rings. The number of thioether (sulfide) groups is 1. The summed E-state index contributed by atoms with van der Waals surface area (Å²) in [4.78, 5) is 22.6. The van der Waals surface area contributed by atoms with E-state index in [0.717, 1.165) is 23.9 Å². The van der Waals surface area contributed by atoms with E-state index in [4.69, 9.17) is 5.11 Å². The molecule has 7 heteroatoms. The van der Waals surface area contributed by atoms with Gasteiger partial charge in [0.25, 0.3) is 0 Å². The maximum absolute atomic E-state index is 13.3. The van der Waals surface area contributed by atoms with Crippen LogP contribution in [0, 0.1) is 17.6 Å². The lowest BCUT2D eigenvalue weighted by Gasteiger charge is -2.15. The highest BCUT2D eigenvalue weighted by atomic mass is 32.2. The van der Waals surface area contributed by atoms with Gasteiger partial charge in [0.1, 0.15) is 16.9 Å². The van der Waals surface area contributed by atoms with E-state index >= 15 is 0 Å². The molecule has 1 rings (SSSR count). The summed E-state index contributed by atoms with van der Waals surface area (Å²) in [6, 6.07) is 2.81. The molecule has 0 fully saturated rings. The third-order valence-corrected chi connectivity index (χ3v) is 3.98. The number of carboxylic acids is 1. The molecule has 1 aromatic rings. The topological polar surface area (TPSA) is 66.4 Å². The number of carbonyl (C=O) groups is 2. The summed E-state index contributed by atoms with van der Waals surface area (Å²) in [5.74, 6) is -3.39. The van der Waals surface area contributed by atoms with Crippen LogP contribution in [0.3, 0.4) is 0 Å². The van der Waals surface area contributed by atoms with E-state index in [2.05, 4.69) is 5.32 Å². The molecule has 0 aliphatic heterocycles. The van der Waals surface area contributed by atoms with Gasteiger partial charge in [-0.05, 0) is 18.1 Å². The third-order valence-electron chi connectivity index (χ3n) is 2.45. The first kappa shape index (κ1) is 16.4. The minimum Gasteiger partial charge on any atom is -0.480 e. The summed E-state index contributed by atoms with van der Waals surface area (Å²) >= 11 is 0.966. The number of rotatable bonds is 6. The second-order valence-electron chi connectivity index (χ2n) is 4.49. The van der Waals surface area contributed by atoms with Crippen LogP contribution in [0.1, 0.15) is 13.8 Å². The van der Waals surface area contributed by atoms with Gasteiger partial charge in [-0.2, -0.15) is 0 Å². The molecule has 0 aliphatic carbocycles. The monoisotopic (exact) mass is 303 g/mol. The highest BCUT2D eigenvalue weighted by Crippen LogP contribution is 2.21. The number of carboxylic acid groups (broad SMARTS) is 1. The van der Waals surface area contributed by atoms with E-state index in [0.29, 0.717) is 6.07 Å². The summed E-state index contributed by atoms with van der Waals surface area (Å²) in [6.45, 7) is 3.48. The Morgan fingerprint density at radius 2 is 2.00 bits per heavy atom. The first-order valence-electron chi connectivity index (χ1n) is 5.90. The molecule has 2 N–H and O–H groups in total. The van der Waals surface area contributed by atoms with Crippen molar-refractivity contribution in [3.63, 3.8) is 0 Å². The minimum atomic E-state index is -0.995. The van der Waals surface area contributed by atoms with Gasteiger partial charge in [-0.1, -0.05) is 13.8 Å². The van der Waals surface area contributed by atoms with E-state index in [9.17, 15) is 18.4 Å². The highest BCUT2D eigenvalue weighted by molar-refractivity contribution is 8.01. The van der Waals surface area contributed by atoms with Crippen LogP contribution in [-0.4, -0.2) is 28.0 Å². The molecule has 0 bridgehead atoms. The molecule has 0 spiro atoms. The molecule has 0 saturated carbocycles. The van der Waals surface area contributed by atoms with Crippen molar-refractivity contribution in [2.45, 2.75) is 19.1 Å². The Morgan fingerprint density at radius 3 is 2.50 bits per heavy atom. The van der Waals surface area contributed by atoms with Gasteiger partial charge in [0.05, 0.1) is 11.4 Å². The maximum Gasteiger partial charge on any atom is 0.316 e. The number of nitrogens with one attached hydrogen (secondary N) is 1. The molecule has 1 atom stereocenters. The fraction of sp³-hybridized carbons (Fsp3) is 0.385. The number of hydrogen-bond donors (Lipinski definition) is 2. The lowest BCUT2D eigenvalue weighted by atomic mass is 10.1. The number of carbonyl (C=O) groups excluding carboxylic acids is 1. The average molecular weight is 303 g/mol. The van der Waals surface area contributed by atoms with Crippen molar-refractivity contribution in [2.75, 3.05) is 11.1 Å². The Balaban J connectivity index is 2.57. The average Bonchev–Trinajstić information content (AvgIpc) is 2.32. The number of benzene rings is 1. The zero-order chi connectivity index (χ0) is 15.3. The van der Waals surface area contributed by atoms with Gasteiger partial charge in [-0.15, -0.1) is 11.8 Å². The number of amides is 1. The van der Waals surface area contributed by atoms with E-state index < -0.39 is 28.8 Å². The quantitative estimate of drug-likeness (QED) is 0.848. The summed E-state index contributed by atoms with van der Waals surface area (Å²) in [7, 11) is 0. The molecular formula is C13H15F2NO3S. The molecule has 110 valence electrons. The van der Waals surface area contributed by atoms with E-state index in [1.54, 1.807) is 13.8 Å². The van der Waals surface area contributed by atoms with E-state index in [1.807, 2.05) is 0 Å². The van der Waals surface area contributed by atoms with Crippen LogP contribution in [0.5, 0.6) is 0 Å². The fourth-order valence-corrected chi connectivity index (χ4v) is 2.42.